The van der Waals surface area contributed by atoms with E-state index in [0.717, 1.165) is 11.3 Å². The molecule has 0 bridgehead atoms. The molecular formula is C15H19NO4. The minimum absolute atomic E-state index is 0.0316. The van der Waals surface area contributed by atoms with Crippen LogP contribution in [-0.2, 0) is 20.7 Å². The molecule has 1 amide bonds. The first kappa shape index (κ1) is 14.4. The zero-order valence-electron chi connectivity index (χ0n) is 11.8. The number of hydrogen-bond acceptors (Lipinski definition) is 4. The average Bonchev–Trinajstić information content (AvgIpc) is 2.45. The largest absolute Gasteiger partial charge is 0.479 e. The number of carbonyl (C=O) groups is 2. The lowest BCUT2D eigenvalue weighted by molar-refractivity contribution is -0.151. The van der Waals surface area contributed by atoms with Gasteiger partial charge in [0.1, 0.15) is 5.75 Å². The van der Waals surface area contributed by atoms with Crippen molar-refractivity contribution in [1.82, 2.24) is 0 Å². The number of hydrogen-bond donors (Lipinski definition) is 1. The van der Waals surface area contributed by atoms with Crippen molar-refractivity contribution in [3.8, 4) is 5.75 Å². The Kier molecular flexibility index (Phi) is 4.61. The third kappa shape index (κ3) is 3.29. The highest BCUT2D eigenvalue weighted by Gasteiger charge is 2.21. The smallest absolute Gasteiger partial charge is 0.347 e. The van der Waals surface area contributed by atoms with Crippen LogP contribution in [0.15, 0.2) is 18.2 Å². The van der Waals surface area contributed by atoms with Gasteiger partial charge in [-0.05, 0) is 43.5 Å². The summed E-state index contributed by atoms with van der Waals surface area (Å²) < 4.78 is 10.7. The molecule has 1 unspecified atom stereocenters. The Morgan fingerprint density at radius 3 is 2.85 bits per heavy atom. The predicted molar refractivity (Wildman–Crippen MR) is 74.7 cm³/mol. The molecule has 1 atom stereocenters. The Morgan fingerprint density at radius 2 is 2.15 bits per heavy atom. The Balaban J connectivity index is 2.09. The summed E-state index contributed by atoms with van der Waals surface area (Å²) in [6.45, 7) is 3.99. The van der Waals surface area contributed by atoms with E-state index in [-0.39, 0.29) is 11.9 Å². The highest BCUT2D eigenvalue weighted by atomic mass is 16.6. The van der Waals surface area contributed by atoms with Gasteiger partial charge in [-0.1, -0.05) is 6.92 Å². The van der Waals surface area contributed by atoms with Crippen LogP contribution in [0, 0.1) is 0 Å². The molecule has 1 N–H and O–H groups in total. The van der Waals surface area contributed by atoms with Gasteiger partial charge >= 0.3 is 5.97 Å². The van der Waals surface area contributed by atoms with Gasteiger partial charge < -0.3 is 14.8 Å². The molecule has 108 valence electrons. The van der Waals surface area contributed by atoms with Crippen LogP contribution < -0.4 is 10.1 Å². The lowest BCUT2D eigenvalue weighted by Crippen LogP contribution is -2.28. The molecule has 0 aliphatic carbocycles. The molecule has 1 aromatic carbocycles. The van der Waals surface area contributed by atoms with Gasteiger partial charge in [-0.3, -0.25) is 4.79 Å². The molecule has 1 aliphatic heterocycles. The number of amides is 1. The fourth-order valence-corrected chi connectivity index (χ4v) is 2.13. The highest BCUT2D eigenvalue weighted by Crippen LogP contribution is 2.27. The van der Waals surface area contributed by atoms with Crippen LogP contribution in [0.3, 0.4) is 0 Å². The van der Waals surface area contributed by atoms with Crippen molar-refractivity contribution < 1.29 is 19.1 Å². The third-order valence-corrected chi connectivity index (χ3v) is 3.17. The van der Waals surface area contributed by atoms with Gasteiger partial charge in [0, 0.05) is 12.1 Å². The summed E-state index contributed by atoms with van der Waals surface area (Å²) in [6, 6.07) is 5.43. The molecule has 1 aromatic rings. The molecule has 2 rings (SSSR count). The SMILES string of the molecule is CCOC(=O)C(CC)Oc1ccc2c(c1)CCC(=O)N2. The van der Waals surface area contributed by atoms with E-state index in [0.29, 0.717) is 31.6 Å². The molecule has 0 spiro atoms. The second-order valence-electron chi connectivity index (χ2n) is 4.63. The Labute approximate surface area is 118 Å². The monoisotopic (exact) mass is 277 g/mol. The maximum atomic E-state index is 11.7. The standard InChI is InChI=1S/C15H19NO4/c1-3-13(15(18)19-4-2)20-11-6-7-12-10(9-11)5-8-14(17)16-12/h6-7,9,13H,3-5,8H2,1-2H3,(H,16,17). The Bertz CT molecular complexity index is 513. The van der Waals surface area contributed by atoms with Crippen LogP contribution in [0.25, 0.3) is 0 Å². The molecule has 0 saturated heterocycles. The molecule has 1 heterocycles. The summed E-state index contributed by atoms with van der Waals surface area (Å²) in [5.74, 6) is 0.310. The quantitative estimate of drug-likeness (QED) is 0.839. The van der Waals surface area contributed by atoms with Gasteiger partial charge in [0.05, 0.1) is 6.61 Å². The van der Waals surface area contributed by atoms with E-state index in [1.165, 1.54) is 0 Å². The normalized spacial score (nSPS) is 15.0. The number of esters is 1. The van der Waals surface area contributed by atoms with Crippen molar-refractivity contribution in [2.45, 2.75) is 39.2 Å². The van der Waals surface area contributed by atoms with Crippen molar-refractivity contribution in [2.75, 3.05) is 11.9 Å². The first-order valence-electron chi connectivity index (χ1n) is 6.90. The van der Waals surface area contributed by atoms with Gasteiger partial charge in [-0.15, -0.1) is 0 Å². The van der Waals surface area contributed by atoms with Crippen LogP contribution >= 0.6 is 0 Å². The maximum absolute atomic E-state index is 11.7. The fraction of sp³-hybridized carbons (Fsp3) is 0.467. The lowest BCUT2D eigenvalue weighted by atomic mass is 10.0. The molecule has 0 aromatic heterocycles. The van der Waals surface area contributed by atoms with Crippen LogP contribution in [0.5, 0.6) is 5.75 Å². The van der Waals surface area contributed by atoms with Crippen LogP contribution in [0.2, 0.25) is 0 Å². The lowest BCUT2D eigenvalue weighted by Gasteiger charge is -2.20. The predicted octanol–water partition coefficient (Wildman–Crippen LogP) is 2.29. The topological polar surface area (TPSA) is 64.6 Å². The van der Waals surface area contributed by atoms with Crippen LogP contribution in [0.1, 0.15) is 32.3 Å². The summed E-state index contributed by atoms with van der Waals surface area (Å²) in [7, 11) is 0. The zero-order chi connectivity index (χ0) is 14.5. The molecule has 20 heavy (non-hydrogen) atoms. The number of aryl methyl sites for hydroxylation is 1. The summed E-state index contributed by atoms with van der Waals surface area (Å²) in [5.41, 5.74) is 1.85. The van der Waals surface area contributed by atoms with Gasteiger partial charge in [-0.25, -0.2) is 4.79 Å². The summed E-state index contributed by atoms with van der Waals surface area (Å²) in [6.07, 6.45) is 1.12. The number of rotatable bonds is 5. The average molecular weight is 277 g/mol. The van der Waals surface area contributed by atoms with Gasteiger partial charge in [0.2, 0.25) is 5.91 Å². The second kappa shape index (κ2) is 6.41. The van der Waals surface area contributed by atoms with Gasteiger partial charge in [-0.2, -0.15) is 0 Å². The van der Waals surface area contributed by atoms with Crippen molar-refractivity contribution in [1.29, 1.82) is 0 Å². The van der Waals surface area contributed by atoms with Gasteiger partial charge in [0.25, 0.3) is 0 Å². The summed E-state index contributed by atoms with van der Waals surface area (Å²) in [4.78, 5) is 23.0. The van der Waals surface area contributed by atoms with E-state index in [9.17, 15) is 9.59 Å². The van der Waals surface area contributed by atoms with Crippen molar-refractivity contribution >= 4 is 17.6 Å². The molecule has 0 saturated carbocycles. The molecule has 5 nitrogen and oxygen atoms in total. The zero-order valence-corrected chi connectivity index (χ0v) is 11.8. The first-order chi connectivity index (χ1) is 9.63. The van der Waals surface area contributed by atoms with E-state index in [1.807, 2.05) is 13.0 Å². The first-order valence-corrected chi connectivity index (χ1v) is 6.90. The Hall–Kier alpha value is -2.04. The number of fused-ring (bicyclic) bond motifs is 1. The summed E-state index contributed by atoms with van der Waals surface area (Å²) in [5, 5.41) is 2.81. The van der Waals surface area contributed by atoms with E-state index in [1.54, 1.807) is 19.1 Å². The number of anilines is 1. The van der Waals surface area contributed by atoms with Crippen molar-refractivity contribution in [3.63, 3.8) is 0 Å². The highest BCUT2D eigenvalue weighted by molar-refractivity contribution is 5.94. The fourth-order valence-electron chi connectivity index (χ4n) is 2.13. The Morgan fingerprint density at radius 1 is 1.35 bits per heavy atom. The molecule has 5 heteroatoms. The minimum Gasteiger partial charge on any atom is -0.479 e. The molecule has 1 aliphatic rings. The van der Waals surface area contributed by atoms with E-state index >= 15 is 0 Å². The van der Waals surface area contributed by atoms with E-state index in [4.69, 9.17) is 9.47 Å². The van der Waals surface area contributed by atoms with Crippen LogP contribution in [-0.4, -0.2) is 24.6 Å². The van der Waals surface area contributed by atoms with Crippen LogP contribution in [0.4, 0.5) is 5.69 Å². The van der Waals surface area contributed by atoms with Crippen molar-refractivity contribution in [3.05, 3.63) is 23.8 Å². The van der Waals surface area contributed by atoms with Gasteiger partial charge in [0.15, 0.2) is 6.10 Å². The molecular weight excluding hydrogens is 258 g/mol. The van der Waals surface area contributed by atoms with Crippen molar-refractivity contribution in [2.24, 2.45) is 0 Å². The van der Waals surface area contributed by atoms with E-state index in [2.05, 4.69) is 5.32 Å². The number of carbonyl (C=O) groups excluding carboxylic acids is 2. The summed E-state index contributed by atoms with van der Waals surface area (Å²) >= 11 is 0. The third-order valence-electron chi connectivity index (χ3n) is 3.17. The number of nitrogens with one attached hydrogen (secondary N) is 1. The number of ether oxygens (including phenoxy) is 2. The number of benzene rings is 1. The van der Waals surface area contributed by atoms with E-state index < -0.39 is 6.10 Å². The maximum Gasteiger partial charge on any atom is 0.347 e. The minimum atomic E-state index is -0.591. The molecule has 0 fully saturated rings. The second-order valence-corrected chi connectivity index (χ2v) is 4.63. The molecule has 0 radical (unpaired) electrons.